The number of nitrogens with two attached hydrogens (primary N) is 1. The second kappa shape index (κ2) is 5.82. The molecular formula is C10H17N3OS. The van der Waals surface area contributed by atoms with E-state index in [4.69, 9.17) is 5.73 Å². The highest BCUT2D eigenvalue weighted by Gasteiger charge is 2.07. The van der Waals surface area contributed by atoms with Crippen molar-refractivity contribution in [3.05, 3.63) is 16.1 Å². The van der Waals surface area contributed by atoms with E-state index in [1.54, 1.807) is 0 Å². The Kier molecular flexibility index (Phi) is 4.71. The number of thiazole rings is 1. The fourth-order valence-corrected chi connectivity index (χ4v) is 1.74. The predicted octanol–water partition coefficient (Wildman–Crippen LogP) is 0.916. The molecule has 0 bridgehead atoms. The molecule has 0 aromatic carbocycles. The van der Waals surface area contributed by atoms with Crippen LogP contribution in [0.2, 0.25) is 0 Å². The summed E-state index contributed by atoms with van der Waals surface area (Å²) in [5, 5.41) is 5.61. The van der Waals surface area contributed by atoms with Crippen LogP contribution < -0.4 is 11.1 Å². The van der Waals surface area contributed by atoms with Gasteiger partial charge in [-0.1, -0.05) is 13.8 Å². The van der Waals surface area contributed by atoms with Crippen molar-refractivity contribution in [2.45, 2.75) is 26.8 Å². The van der Waals surface area contributed by atoms with Gasteiger partial charge in [-0.3, -0.25) is 4.79 Å². The van der Waals surface area contributed by atoms with Gasteiger partial charge in [0.05, 0.1) is 12.1 Å². The Labute approximate surface area is 93.9 Å². The van der Waals surface area contributed by atoms with Crippen LogP contribution in [-0.2, 0) is 17.8 Å². The fourth-order valence-electron chi connectivity index (χ4n) is 1.07. The van der Waals surface area contributed by atoms with E-state index in [0.29, 0.717) is 25.4 Å². The maximum Gasteiger partial charge on any atom is 0.226 e. The summed E-state index contributed by atoms with van der Waals surface area (Å²) >= 11 is 1.50. The summed E-state index contributed by atoms with van der Waals surface area (Å²) in [5.74, 6) is 0.501. The molecule has 0 aliphatic rings. The maximum absolute atomic E-state index is 11.4. The third-order valence-electron chi connectivity index (χ3n) is 1.82. The lowest BCUT2D eigenvalue weighted by Crippen LogP contribution is -2.28. The van der Waals surface area contributed by atoms with Gasteiger partial charge in [-0.05, 0) is 5.92 Å². The molecule has 5 heteroatoms. The van der Waals surface area contributed by atoms with E-state index in [9.17, 15) is 4.79 Å². The minimum Gasteiger partial charge on any atom is -0.356 e. The first-order valence-corrected chi connectivity index (χ1v) is 5.89. The molecule has 4 nitrogen and oxygen atoms in total. The monoisotopic (exact) mass is 227 g/mol. The zero-order valence-electron chi connectivity index (χ0n) is 9.12. The van der Waals surface area contributed by atoms with Crippen molar-refractivity contribution in [2.24, 2.45) is 11.7 Å². The molecule has 0 aliphatic heterocycles. The van der Waals surface area contributed by atoms with Crippen LogP contribution >= 0.6 is 11.3 Å². The molecule has 1 heterocycles. The Morgan fingerprint density at radius 2 is 2.40 bits per heavy atom. The lowest BCUT2D eigenvalue weighted by Gasteiger charge is -2.05. The molecule has 0 unspecified atom stereocenters. The quantitative estimate of drug-likeness (QED) is 0.786. The standard InChI is InChI=1S/C10H17N3OS/c1-7(2)5-12-9(14)3-8-6-15-10(4-11)13-8/h6-7H,3-5,11H2,1-2H3,(H,12,14). The highest BCUT2D eigenvalue weighted by atomic mass is 32.1. The van der Waals surface area contributed by atoms with E-state index >= 15 is 0 Å². The van der Waals surface area contributed by atoms with Gasteiger partial charge < -0.3 is 11.1 Å². The summed E-state index contributed by atoms with van der Waals surface area (Å²) in [6, 6.07) is 0. The SMILES string of the molecule is CC(C)CNC(=O)Cc1csc(CN)n1. The minimum atomic E-state index is 0.0255. The average Bonchev–Trinajstić information content (AvgIpc) is 2.62. The Bertz CT molecular complexity index is 322. The zero-order chi connectivity index (χ0) is 11.3. The molecule has 0 saturated carbocycles. The Balaban J connectivity index is 2.37. The molecule has 0 spiro atoms. The highest BCUT2D eigenvalue weighted by Crippen LogP contribution is 2.09. The highest BCUT2D eigenvalue weighted by molar-refractivity contribution is 7.09. The van der Waals surface area contributed by atoms with Gasteiger partial charge in [-0.2, -0.15) is 0 Å². The van der Waals surface area contributed by atoms with Gasteiger partial charge >= 0.3 is 0 Å². The molecule has 1 aromatic rings. The molecule has 0 fully saturated rings. The van der Waals surface area contributed by atoms with Gasteiger partial charge in [0.15, 0.2) is 0 Å². The van der Waals surface area contributed by atoms with Crippen molar-refractivity contribution in [3.63, 3.8) is 0 Å². The fraction of sp³-hybridized carbons (Fsp3) is 0.600. The largest absolute Gasteiger partial charge is 0.356 e. The number of amides is 1. The molecule has 1 rings (SSSR count). The number of rotatable bonds is 5. The summed E-state index contributed by atoms with van der Waals surface area (Å²) < 4.78 is 0. The second-order valence-corrected chi connectivity index (χ2v) is 4.75. The van der Waals surface area contributed by atoms with Crippen LogP contribution in [0.15, 0.2) is 5.38 Å². The van der Waals surface area contributed by atoms with Crippen LogP contribution in [0.4, 0.5) is 0 Å². The van der Waals surface area contributed by atoms with E-state index < -0.39 is 0 Å². The Morgan fingerprint density at radius 3 is 2.93 bits per heavy atom. The maximum atomic E-state index is 11.4. The first-order chi connectivity index (χ1) is 7.11. The lowest BCUT2D eigenvalue weighted by atomic mass is 10.2. The topological polar surface area (TPSA) is 68.0 Å². The molecule has 0 radical (unpaired) electrons. The van der Waals surface area contributed by atoms with Crippen LogP contribution in [0.3, 0.4) is 0 Å². The van der Waals surface area contributed by atoms with E-state index in [-0.39, 0.29) is 5.91 Å². The van der Waals surface area contributed by atoms with Gasteiger partial charge in [-0.25, -0.2) is 4.98 Å². The number of carbonyl (C=O) groups excluding carboxylic acids is 1. The van der Waals surface area contributed by atoms with Crippen LogP contribution in [-0.4, -0.2) is 17.4 Å². The first kappa shape index (κ1) is 12.1. The molecular weight excluding hydrogens is 210 g/mol. The van der Waals surface area contributed by atoms with Gasteiger partial charge in [-0.15, -0.1) is 11.3 Å². The molecule has 1 amide bonds. The predicted molar refractivity (Wildman–Crippen MR) is 61.6 cm³/mol. The van der Waals surface area contributed by atoms with Crippen molar-refractivity contribution in [1.29, 1.82) is 0 Å². The van der Waals surface area contributed by atoms with Crippen molar-refractivity contribution in [2.75, 3.05) is 6.54 Å². The molecule has 15 heavy (non-hydrogen) atoms. The summed E-state index contributed by atoms with van der Waals surface area (Å²) in [7, 11) is 0. The summed E-state index contributed by atoms with van der Waals surface area (Å²) in [6.45, 7) is 5.29. The number of hydrogen-bond donors (Lipinski definition) is 2. The molecule has 84 valence electrons. The number of hydrogen-bond acceptors (Lipinski definition) is 4. The molecule has 0 saturated heterocycles. The smallest absolute Gasteiger partial charge is 0.226 e. The number of aromatic nitrogens is 1. The summed E-state index contributed by atoms with van der Waals surface area (Å²) in [5.41, 5.74) is 6.25. The Morgan fingerprint density at radius 1 is 1.67 bits per heavy atom. The van der Waals surface area contributed by atoms with Crippen molar-refractivity contribution < 1.29 is 4.79 Å². The van der Waals surface area contributed by atoms with Crippen molar-refractivity contribution >= 4 is 17.2 Å². The molecule has 0 atom stereocenters. The van der Waals surface area contributed by atoms with Crippen LogP contribution in [0.25, 0.3) is 0 Å². The minimum absolute atomic E-state index is 0.0255. The van der Waals surface area contributed by atoms with Crippen LogP contribution in [0, 0.1) is 5.92 Å². The average molecular weight is 227 g/mol. The summed E-state index contributed by atoms with van der Waals surface area (Å²) in [4.78, 5) is 15.7. The van der Waals surface area contributed by atoms with E-state index in [0.717, 1.165) is 10.7 Å². The van der Waals surface area contributed by atoms with Crippen LogP contribution in [0.5, 0.6) is 0 Å². The Hall–Kier alpha value is -0.940. The van der Waals surface area contributed by atoms with Crippen molar-refractivity contribution in [1.82, 2.24) is 10.3 Å². The third kappa shape index (κ3) is 4.40. The zero-order valence-corrected chi connectivity index (χ0v) is 9.93. The number of nitrogens with zero attached hydrogens (tertiary/aromatic N) is 1. The second-order valence-electron chi connectivity index (χ2n) is 3.81. The van der Waals surface area contributed by atoms with E-state index in [1.807, 2.05) is 5.38 Å². The lowest BCUT2D eigenvalue weighted by molar-refractivity contribution is -0.120. The van der Waals surface area contributed by atoms with E-state index in [2.05, 4.69) is 24.1 Å². The van der Waals surface area contributed by atoms with Crippen molar-refractivity contribution in [3.8, 4) is 0 Å². The molecule has 0 aliphatic carbocycles. The van der Waals surface area contributed by atoms with Gasteiger partial charge in [0.1, 0.15) is 5.01 Å². The van der Waals surface area contributed by atoms with Crippen LogP contribution in [0.1, 0.15) is 24.5 Å². The van der Waals surface area contributed by atoms with Gasteiger partial charge in [0.2, 0.25) is 5.91 Å². The number of nitrogens with one attached hydrogen (secondary N) is 1. The summed E-state index contributed by atoms with van der Waals surface area (Å²) in [6.07, 6.45) is 0.350. The molecule has 3 N–H and O–H groups in total. The van der Waals surface area contributed by atoms with Gasteiger partial charge in [0.25, 0.3) is 0 Å². The normalized spacial score (nSPS) is 10.7. The third-order valence-corrected chi connectivity index (χ3v) is 2.74. The molecule has 1 aromatic heterocycles. The van der Waals surface area contributed by atoms with E-state index in [1.165, 1.54) is 11.3 Å². The van der Waals surface area contributed by atoms with Gasteiger partial charge in [0, 0.05) is 18.5 Å². The first-order valence-electron chi connectivity index (χ1n) is 5.02. The number of carbonyl (C=O) groups is 1.